The molecule has 0 atom stereocenters. The Labute approximate surface area is 120 Å². The number of hydrogen-bond donors (Lipinski definition) is 2. The van der Waals surface area contributed by atoms with E-state index < -0.39 is 23.3 Å². The highest BCUT2D eigenvalue weighted by Gasteiger charge is 2.05. The summed E-state index contributed by atoms with van der Waals surface area (Å²) in [6.07, 6.45) is 0. The lowest BCUT2D eigenvalue weighted by Gasteiger charge is -1.98. The van der Waals surface area contributed by atoms with Crippen molar-refractivity contribution in [3.05, 3.63) is 47.5 Å². The van der Waals surface area contributed by atoms with Crippen LogP contribution in [0, 0.1) is 23.3 Å². The van der Waals surface area contributed by atoms with Crippen molar-refractivity contribution in [2.45, 2.75) is 0 Å². The van der Waals surface area contributed by atoms with Crippen LogP contribution in [0.4, 0.5) is 28.9 Å². The average molecular weight is 316 g/mol. The van der Waals surface area contributed by atoms with E-state index in [0.29, 0.717) is 11.0 Å². The van der Waals surface area contributed by atoms with Gasteiger partial charge in [0.25, 0.3) is 0 Å². The first-order chi connectivity index (χ1) is 9.88. The molecule has 0 unspecified atom stereocenters. The predicted molar refractivity (Wildman–Crippen MR) is 72.5 cm³/mol. The Morgan fingerprint density at radius 3 is 1.38 bits per heavy atom. The van der Waals surface area contributed by atoms with Gasteiger partial charge < -0.3 is 11.5 Å². The molecule has 21 heavy (non-hydrogen) atoms. The molecule has 1 heterocycles. The lowest BCUT2D eigenvalue weighted by atomic mass is 10.2. The van der Waals surface area contributed by atoms with Gasteiger partial charge in [0.1, 0.15) is 11.0 Å². The second-order valence-corrected chi connectivity index (χ2v) is 4.44. The van der Waals surface area contributed by atoms with Crippen LogP contribution in [0.15, 0.2) is 24.3 Å². The molecule has 9 heteroatoms. The van der Waals surface area contributed by atoms with Gasteiger partial charge in [-0.3, -0.25) is 0 Å². The molecule has 0 radical (unpaired) electrons. The predicted octanol–water partition coefficient (Wildman–Crippen LogP) is 3.10. The Morgan fingerprint density at radius 1 is 0.667 bits per heavy atom. The highest BCUT2D eigenvalue weighted by Crippen LogP contribution is 2.18. The molecular weight excluding hydrogens is 308 g/mol. The highest BCUT2D eigenvalue weighted by molar-refractivity contribution is 7.00. The summed E-state index contributed by atoms with van der Waals surface area (Å²) in [7, 11) is 0. The number of anilines is 2. The fourth-order valence-corrected chi connectivity index (χ4v) is 1.87. The zero-order valence-electron chi connectivity index (χ0n) is 10.3. The molecule has 4 nitrogen and oxygen atoms in total. The fraction of sp³-hybridized carbons (Fsp3) is 0. The quantitative estimate of drug-likeness (QED) is 0.493. The lowest BCUT2D eigenvalue weighted by molar-refractivity contribution is 0.510. The van der Waals surface area contributed by atoms with Crippen LogP contribution < -0.4 is 11.5 Å². The molecule has 0 aliphatic heterocycles. The molecule has 0 aliphatic carbocycles. The van der Waals surface area contributed by atoms with Gasteiger partial charge in [-0.15, -0.1) is 0 Å². The van der Waals surface area contributed by atoms with Crippen molar-refractivity contribution in [2.24, 2.45) is 0 Å². The van der Waals surface area contributed by atoms with Gasteiger partial charge in [0, 0.05) is 24.3 Å². The SMILES string of the molecule is Fc1cc2nsnc2cc1F.Nc1cc(F)c(F)cc1N. The average Bonchev–Trinajstić information content (AvgIpc) is 2.85. The maximum Gasteiger partial charge on any atom is 0.161 e. The van der Waals surface area contributed by atoms with Gasteiger partial charge >= 0.3 is 0 Å². The van der Waals surface area contributed by atoms with Crippen molar-refractivity contribution in [3.63, 3.8) is 0 Å². The van der Waals surface area contributed by atoms with Gasteiger partial charge in [-0.05, 0) is 0 Å². The first kappa shape index (κ1) is 15.0. The van der Waals surface area contributed by atoms with Crippen molar-refractivity contribution in [1.29, 1.82) is 0 Å². The molecule has 0 amide bonds. The number of fused-ring (bicyclic) bond motifs is 1. The number of hydrogen-bond acceptors (Lipinski definition) is 5. The molecule has 110 valence electrons. The molecule has 4 N–H and O–H groups in total. The largest absolute Gasteiger partial charge is 0.397 e. The molecule has 2 aromatic carbocycles. The smallest absolute Gasteiger partial charge is 0.161 e. The maximum absolute atomic E-state index is 12.5. The number of nitrogen functional groups attached to an aromatic ring is 2. The number of aromatic nitrogens is 2. The Balaban J connectivity index is 0.000000155. The topological polar surface area (TPSA) is 77.8 Å². The summed E-state index contributed by atoms with van der Waals surface area (Å²) in [5.41, 5.74) is 11.2. The summed E-state index contributed by atoms with van der Waals surface area (Å²) < 4.78 is 57.0. The van der Waals surface area contributed by atoms with Crippen LogP contribution >= 0.6 is 11.7 Å². The summed E-state index contributed by atoms with van der Waals surface area (Å²) in [5, 5.41) is 0. The monoisotopic (exact) mass is 316 g/mol. The summed E-state index contributed by atoms with van der Waals surface area (Å²) in [6, 6.07) is 3.78. The molecule has 0 saturated carbocycles. The lowest BCUT2D eigenvalue weighted by Crippen LogP contribution is -1.97. The number of rotatable bonds is 0. The third-order valence-corrected chi connectivity index (χ3v) is 2.98. The third-order valence-electron chi connectivity index (χ3n) is 2.42. The Morgan fingerprint density at radius 2 is 1.00 bits per heavy atom. The van der Waals surface area contributed by atoms with Crippen molar-refractivity contribution < 1.29 is 17.6 Å². The van der Waals surface area contributed by atoms with E-state index in [2.05, 4.69) is 8.75 Å². The second kappa shape index (κ2) is 5.92. The molecule has 3 aromatic rings. The molecular formula is C12H8F4N4S. The zero-order chi connectivity index (χ0) is 15.6. The van der Waals surface area contributed by atoms with Crippen LogP contribution in [-0.4, -0.2) is 8.75 Å². The van der Waals surface area contributed by atoms with Gasteiger partial charge in [-0.1, -0.05) is 0 Å². The van der Waals surface area contributed by atoms with E-state index in [1.165, 1.54) is 0 Å². The zero-order valence-corrected chi connectivity index (χ0v) is 11.1. The van der Waals surface area contributed by atoms with Crippen LogP contribution in [0.25, 0.3) is 11.0 Å². The first-order valence-electron chi connectivity index (χ1n) is 5.46. The van der Waals surface area contributed by atoms with Crippen molar-refractivity contribution >= 4 is 34.1 Å². The van der Waals surface area contributed by atoms with E-state index in [9.17, 15) is 17.6 Å². The number of benzene rings is 2. The molecule has 0 bridgehead atoms. The van der Waals surface area contributed by atoms with Crippen molar-refractivity contribution in [3.8, 4) is 0 Å². The van der Waals surface area contributed by atoms with Crippen LogP contribution in [-0.2, 0) is 0 Å². The van der Waals surface area contributed by atoms with Gasteiger partial charge in [0.15, 0.2) is 23.3 Å². The molecule has 0 aliphatic rings. The van der Waals surface area contributed by atoms with E-state index in [-0.39, 0.29) is 11.4 Å². The number of nitrogens with zero attached hydrogens (tertiary/aromatic N) is 2. The van der Waals surface area contributed by atoms with Gasteiger partial charge in [-0.2, -0.15) is 8.75 Å². The standard InChI is InChI=1S/C6H2F2N2S.C6H6F2N2/c7-3-1-5-6(2-4(3)8)10-11-9-5;7-3-1-5(9)6(10)2-4(3)8/h1-2H;1-2H,9-10H2. The highest BCUT2D eigenvalue weighted by atomic mass is 32.1. The second-order valence-electron chi connectivity index (χ2n) is 3.91. The Hall–Kier alpha value is -2.42. The fourth-order valence-electron chi connectivity index (χ4n) is 1.36. The normalized spacial score (nSPS) is 10.3. The first-order valence-corrected chi connectivity index (χ1v) is 6.19. The van der Waals surface area contributed by atoms with Crippen molar-refractivity contribution in [1.82, 2.24) is 8.75 Å². The van der Waals surface area contributed by atoms with Crippen LogP contribution in [0.5, 0.6) is 0 Å². The molecule has 0 saturated heterocycles. The Kier molecular flexibility index (Phi) is 4.22. The van der Waals surface area contributed by atoms with Crippen LogP contribution in [0.2, 0.25) is 0 Å². The van der Waals surface area contributed by atoms with Gasteiger partial charge in [0.2, 0.25) is 0 Å². The molecule has 0 fully saturated rings. The maximum atomic E-state index is 12.5. The third kappa shape index (κ3) is 3.37. The Bertz CT molecular complexity index is 704. The van der Waals surface area contributed by atoms with Crippen LogP contribution in [0.1, 0.15) is 0 Å². The summed E-state index contributed by atoms with van der Waals surface area (Å²) in [5.74, 6) is -3.73. The molecule has 0 spiro atoms. The number of nitrogens with two attached hydrogens (primary N) is 2. The van der Waals surface area contributed by atoms with E-state index in [4.69, 9.17) is 11.5 Å². The summed E-state index contributed by atoms with van der Waals surface area (Å²) in [4.78, 5) is 0. The van der Waals surface area contributed by atoms with E-state index in [1.807, 2.05) is 0 Å². The van der Waals surface area contributed by atoms with Crippen molar-refractivity contribution in [2.75, 3.05) is 11.5 Å². The summed E-state index contributed by atoms with van der Waals surface area (Å²) >= 11 is 0.937. The van der Waals surface area contributed by atoms with E-state index in [1.54, 1.807) is 0 Å². The van der Waals surface area contributed by atoms with Crippen LogP contribution in [0.3, 0.4) is 0 Å². The van der Waals surface area contributed by atoms with E-state index in [0.717, 1.165) is 36.0 Å². The van der Waals surface area contributed by atoms with Gasteiger partial charge in [0.05, 0.1) is 23.1 Å². The number of halogens is 4. The van der Waals surface area contributed by atoms with Gasteiger partial charge in [-0.25, -0.2) is 17.6 Å². The molecule has 3 rings (SSSR count). The minimum absolute atomic E-state index is 0.0545. The molecule has 1 aromatic heterocycles. The summed E-state index contributed by atoms with van der Waals surface area (Å²) in [6.45, 7) is 0. The minimum atomic E-state index is -0.980. The minimum Gasteiger partial charge on any atom is -0.397 e. The van der Waals surface area contributed by atoms with E-state index >= 15 is 0 Å².